The van der Waals surface area contributed by atoms with Gasteiger partial charge in [-0.1, -0.05) is 43.2 Å². The summed E-state index contributed by atoms with van der Waals surface area (Å²) in [5.74, 6) is 1.91. The number of ether oxygens (including phenoxy) is 1. The summed E-state index contributed by atoms with van der Waals surface area (Å²) >= 11 is 0. The summed E-state index contributed by atoms with van der Waals surface area (Å²) in [6.45, 7) is 0.896. The number of para-hydroxylation sites is 1. The Bertz CT molecular complexity index is 601. The van der Waals surface area contributed by atoms with Gasteiger partial charge in [0, 0.05) is 30.6 Å². The van der Waals surface area contributed by atoms with Gasteiger partial charge in [0.25, 0.3) is 0 Å². The molecule has 0 radical (unpaired) electrons. The molecule has 2 aliphatic rings. The Kier molecular flexibility index (Phi) is 7.59. The maximum atomic E-state index is 5.64. The predicted octanol–water partition coefficient (Wildman–Crippen LogP) is 4.01. The fourth-order valence-electron chi connectivity index (χ4n) is 4.05. The van der Waals surface area contributed by atoms with Gasteiger partial charge >= 0.3 is 0 Å². The number of benzene rings is 1. The van der Waals surface area contributed by atoms with Crippen molar-refractivity contribution in [3.63, 3.8) is 0 Å². The van der Waals surface area contributed by atoms with Crippen molar-refractivity contribution in [2.45, 2.75) is 50.0 Å². The van der Waals surface area contributed by atoms with Gasteiger partial charge in [0.15, 0.2) is 5.96 Å². The normalized spacial score (nSPS) is 19.5. The van der Waals surface area contributed by atoms with Gasteiger partial charge in [-0.05, 0) is 31.7 Å². The third kappa shape index (κ3) is 4.68. The number of hydrogen-bond donors (Lipinski definition) is 2. The second kappa shape index (κ2) is 9.46. The molecule has 25 heavy (non-hydrogen) atoms. The van der Waals surface area contributed by atoms with Crippen LogP contribution in [0.1, 0.15) is 44.1 Å². The van der Waals surface area contributed by atoms with Gasteiger partial charge in [0.05, 0.1) is 7.11 Å². The molecule has 0 bridgehead atoms. The Morgan fingerprint density at radius 3 is 2.52 bits per heavy atom. The van der Waals surface area contributed by atoms with Crippen molar-refractivity contribution in [2.75, 3.05) is 20.7 Å². The van der Waals surface area contributed by atoms with Crippen molar-refractivity contribution in [3.8, 4) is 5.75 Å². The van der Waals surface area contributed by atoms with Crippen LogP contribution >= 0.6 is 24.0 Å². The lowest BCUT2D eigenvalue weighted by Gasteiger charge is -2.32. The van der Waals surface area contributed by atoms with Crippen molar-refractivity contribution in [1.29, 1.82) is 0 Å². The monoisotopic (exact) mass is 455 g/mol. The van der Waals surface area contributed by atoms with Crippen LogP contribution in [0, 0.1) is 0 Å². The molecule has 1 aromatic rings. The summed E-state index contributed by atoms with van der Waals surface area (Å²) in [7, 11) is 3.62. The van der Waals surface area contributed by atoms with Gasteiger partial charge in [-0.15, -0.1) is 24.0 Å². The summed E-state index contributed by atoms with van der Waals surface area (Å²) in [5, 5.41) is 7.12. The van der Waals surface area contributed by atoms with Crippen LogP contribution in [0.15, 0.2) is 41.4 Å². The molecular weight excluding hydrogens is 425 g/mol. The minimum absolute atomic E-state index is 0. The third-order valence-electron chi connectivity index (χ3n) is 5.41. The van der Waals surface area contributed by atoms with Crippen molar-refractivity contribution >= 4 is 29.9 Å². The van der Waals surface area contributed by atoms with E-state index in [0.29, 0.717) is 6.04 Å². The number of methoxy groups -OCH3 is 1. The number of nitrogens with one attached hydrogen (secondary N) is 2. The molecule has 0 heterocycles. The van der Waals surface area contributed by atoms with E-state index in [-0.39, 0.29) is 29.4 Å². The molecule has 1 aromatic carbocycles. The first kappa shape index (κ1) is 20.1. The van der Waals surface area contributed by atoms with Crippen molar-refractivity contribution in [3.05, 3.63) is 42.0 Å². The van der Waals surface area contributed by atoms with Crippen LogP contribution in [0.25, 0.3) is 0 Å². The van der Waals surface area contributed by atoms with Crippen LogP contribution in [0.4, 0.5) is 0 Å². The molecule has 0 amide bonds. The number of guanidine groups is 1. The van der Waals surface area contributed by atoms with E-state index in [2.05, 4.69) is 46.0 Å². The van der Waals surface area contributed by atoms with Crippen molar-refractivity contribution < 1.29 is 4.74 Å². The minimum atomic E-state index is 0. The highest BCUT2D eigenvalue weighted by Crippen LogP contribution is 2.44. The highest BCUT2D eigenvalue weighted by Gasteiger charge is 2.37. The van der Waals surface area contributed by atoms with Crippen LogP contribution in [-0.4, -0.2) is 32.7 Å². The lowest BCUT2D eigenvalue weighted by atomic mass is 9.78. The standard InChI is InChI=1S/C20H29N3O.HI/c1-21-19(23-16-9-3-4-10-16)22-15-20(13-7-8-14-20)17-11-5-6-12-18(17)24-2;/h3-6,11-12,16H,7-10,13-15H2,1-2H3,(H2,21,22,23);1H. The maximum absolute atomic E-state index is 5.64. The van der Waals surface area contributed by atoms with Crippen LogP contribution in [0.5, 0.6) is 5.75 Å². The fraction of sp³-hybridized carbons (Fsp3) is 0.550. The predicted molar refractivity (Wildman–Crippen MR) is 115 cm³/mol. The number of hydrogen-bond acceptors (Lipinski definition) is 2. The SMILES string of the molecule is CN=C(NCC1(c2ccccc2OC)CCCC1)NC1CC=CC1.I. The topological polar surface area (TPSA) is 45.7 Å². The molecule has 0 spiro atoms. The van der Waals surface area contributed by atoms with E-state index in [1.54, 1.807) is 7.11 Å². The zero-order valence-electron chi connectivity index (χ0n) is 15.3. The zero-order valence-corrected chi connectivity index (χ0v) is 17.6. The largest absolute Gasteiger partial charge is 0.496 e. The molecule has 0 aromatic heterocycles. The second-order valence-electron chi connectivity index (χ2n) is 6.90. The molecule has 0 aliphatic heterocycles. The molecule has 0 saturated heterocycles. The highest BCUT2D eigenvalue weighted by atomic mass is 127. The van der Waals surface area contributed by atoms with Gasteiger partial charge in [0.2, 0.25) is 0 Å². The first-order valence-corrected chi connectivity index (χ1v) is 9.03. The molecule has 1 saturated carbocycles. The van der Waals surface area contributed by atoms with Gasteiger partial charge in [-0.3, -0.25) is 4.99 Å². The smallest absolute Gasteiger partial charge is 0.191 e. The Morgan fingerprint density at radius 1 is 1.20 bits per heavy atom. The van der Waals surface area contributed by atoms with Crippen LogP contribution in [-0.2, 0) is 5.41 Å². The lowest BCUT2D eigenvalue weighted by Crippen LogP contribution is -2.47. The zero-order chi connectivity index (χ0) is 16.8. The molecule has 5 heteroatoms. The molecule has 3 rings (SSSR count). The van der Waals surface area contributed by atoms with E-state index >= 15 is 0 Å². The van der Waals surface area contributed by atoms with E-state index in [0.717, 1.165) is 31.1 Å². The van der Waals surface area contributed by atoms with Gasteiger partial charge < -0.3 is 15.4 Å². The number of nitrogens with zero attached hydrogens (tertiary/aromatic N) is 1. The van der Waals surface area contributed by atoms with E-state index < -0.39 is 0 Å². The summed E-state index contributed by atoms with van der Waals surface area (Å²) in [4.78, 5) is 4.42. The summed E-state index contributed by atoms with van der Waals surface area (Å²) < 4.78 is 5.64. The van der Waals surface area contributed by atoms with Crippen molar-refractivity contribution in [1.82, 2.24) is 10.6 Å². The molecule has 0 atom stereocenters. The van der Waals surface area contributed by atoms with Crippen LogP contribution < -0.4 is 15.4 Å². The Hall–Kier alpha value is -1.24. The minimum Gasteiger partial charge on any atom is -0.496 e. The highest BCUT2D eigenvalue weighted by molar-refractivity contribution is 14.0. The van der Waals surface area contributed by atoms with Gasteiger partial charge in [-0.25, -0.2) is 0 Å². The lowest BCUT2D eigenvalue weighted by molar-refractivity contribution is 0.371. The Morgan fingerprint density at radius 2 is 1.88 bits per heavy atom. The maximum Gasteiger partial charge on any atom is 0.191 e. The molecular formula is C20H30IN3O. The summed E-state index contributed by atoms with van der Waals surface area (Å²) in [6, 6.07) is 8.94. The first-order chi connectivity index (χ1) is 11.8. The molecule has 0 unspecified atom stereocenters. The average molecular weight is 455 g/mol. The number of halogens is 1. The van der Waals surface area contributed by atoms with Gasteiger partial charge in [-0.2, -0.15) is 0 Å². The Labute approximate surface area is 168 Å². The average Bonchev–Trinajstić information content (AvgIpc) is 3.31. The quantitative estimate of drug-likeness (QED) is 0.305. The van der Waals surface area contributed by atoms with E-state index in [4.69, 9.17) is 4.74 Å². The third-order valence-corrected chi connectivity index (χ3v) is 5.41. The molecule has 2 aliphatic carbocycles. The fourth-order valence-corrected chi connectivity index (χ4v) is 4.05. The van der Waals surface area contributed by atoms with Gasteiger partial charge in [0.1, 0.15) is 5.75 Å². The molecule has 138 valence electrons. The number of rotatable bonds is 5. The van der Waals surface area contributed by atoms with E-state index in [1.807, 2.05) is 13.1 Å². The first-order valence-electron chi connectivity index (χ1n) is 9.03. The molecule has 4 nitrogen and oxygen atoms in total. The second-order valence-corrected chi connectivity index (χ2v) is 6.90. The van der Waals surface area contributed by atoms with Crippen molar-refractivity contribution in [2.24, 2.45) is 4.99 Å². The van der Waals surface area contributed by atoms with E-state index in [1.165, 1.54) is 31.2 Å². The van der Waals surface area contributed by atoms with Crippen LogP contribution in [0.2, 0.25) is 0 Å². The van der Waals surface area contributed by atoms with Crippen LogP contribution in [0.3, 0.4) is 0 Å². The number of aliphatic imine (C=N–C) groups is 1. The molecule has 1 fully saturated rings. The summed E-state index contributed by atoms with van der Waals surface area (Å²) in [6.07, 6.45) is 11.6. The Balaban J connectivity index is 0.00000225. The molecule has 2 N–H and O–H groups in total. The summed E-state index contributed by atoms with van der Waals surface area (Å²) in [5.41, 5.74) is 1.47. The van der Waals surface area contributed by atoms with E-state index in [9.17, 15) is 0 Å².